The highest BCUT2D eigenvalue weighted by Gasteiger charge is 2.18. The van der Waals surface area contributed by atoms with Crippen LogP contribution >= 0.6 is 0 Å². The van der Waals surface area contributed by atoms with Crippen molar-refractivity contribution in [2.24, 2.45) is 5.73 Å². The van der Waals surface area contributed by atoms with Crippen molar-refractivity contribution in [2.75, 3.05) is 30.1 Å². The maximum atomic E-state index is 12.5. The first-order valence-electron chi connectivity index (χ1n) is 9.18. The van der Waals surface area contributed by atoms with Gasteiger partial charge >= 0.3 is 0 Å². The van der Waals surface area contributed by atoms with E-state index in [1.165, 1.54) is 6.08 Å². The van der Waals surface area contributed by atoms with Crippen LogP contribution in [0.5, 0.6) is 11.5 Å². The normalized spacial score (nSPS) is 15.2. The maximum absolute atomic E-state index is 12.5. The molecule has 0 bridgehead atoms. The molecule has 7 heteroatoms. The van der Waals surface area contributed by atoms with Gasteiger partial charge in [-0.25, -0.2) is 0 Å². The van der Waals surface area contributed by atoms with Crippen LogP contribution in [0.1, 0.15) is 28.8 Å². The zero-order valence-electron chi connectivity index (χ0n) is 15.3. The standard InChI is InChI=1S/C21H21N3O4/c22-21(26)15-5-6-17(24-9-1-2-10-24)16(12-15)23-20(25)8-4-14-3-7-18-19(11-14)28-13-27-18/h3-8,11-12H,1-2,9-10,13H2,(H2,22,26)(H,23,25)/b8-4+. The number of carbonyl (C=O) groups is 2. The largest absolute Gasteiger partial charge is 0.454 e. The van der Waals surface area contributed by atoms with E-state index in [2.05, 4.69) is 10.2 Å². The average molecular weight is 379 g/mol. The van der Waals surface area contributed by atoms with Crippen molar-refractivity contribution in [3.63, 3.8) is 0 Å². The van der Waals surface area contributed by atoms with E-state index in [-0.39, 0.29) is 12.7 Å². The van der Waals surface area contributed by atoms with Gasteiger partial charge in [-0.05, 0) is 54.8 Å². The first-order chi connectivity index (χ1) is 13.6. The summed E-state index contributed by atoms with van der Waals surface area (Å²) in [5.74, 6) is 0.535. The summed E-state index contributed by atoms with van der Waals surface area (Å²) in [5, 5.41) is 2.87. The number of primary amides is 1. The summed E-state index contributed by atoms with van der Waals surface area (Å²) >= 11 is 0. The molecule has 0 unspecified atom stereocenters. The van der Waals surface area contributed by atoms with Crippen LogP contribution < -0.4 is 25.4 Å². The summed E-state index contributed by atoms with van der Waals surface area (Å²) in [6.07, 6.45) is 5.36. The van der Waals surface area contributed by atoms with Crippen molar-refractivity contribution in [1.29, 1.82) is 0 Å². The van der Waals surface area contributed by atoms with E-state index in [1.807, 2.05) is 24.3 Å². The fourth-order valence-corrected chi connectivity index (χ4v) is 3.39. The third kappa shape index (κ3) is 3.78. The molecule has 2 heterocycles. The van der Waals surface area contributed by atoms with Crippen LogP contribution in [-0.2, 0) is 4.79 Å². The second-order valence-corrected chi connectivity index (χ2v) is 6.73. The molecule has 0 aromatic heterocycles. The molecular weight excluding hydrogens is 358 g/mol. The SMILES string of the molecule is NC(=O)c1ccc(N2CCCC2)c(NC(=O)/C=C/c2ccc3c(c2)OCO3)c1. The van der Waals surface area contributed by atoms with Crippen LogP contribution in [0.25, 0.3) is 6.08 Å². The molecule has 2 aliphatic rings. The first kappa shape index (κ1) is 17.9. The van der Waals surface area contributed by atoms with Gasteiger partial charge in [-0.1, -0.05) is 6.07 Å². The van der Waals surface area contributed by atoms with Gasteiger partial charge < -0.3 is 25.4 Å². The zero-order valence-corrected chi connectivity index (χ0v) is 15.3. The minimum absolute atomic E-state index is 0.207. The molecule has 4 rings (SSSR count). The highest BCUT2D eigenvalue weighted by atomic mass is 16.7. The lowest BCUT2D eigenvalue weighted by molar-refractivity contribution is -0.111. The van der Waals surface area contributed by atoms with E-state index < -0.39 is 5.91 Å². The minimum atomic E-state index is -0.528. The lowest BCUT2D eigenvalue weighted by atomic mass is 10.1. The van der Waals surface area contributed by atoms with Gasteiger partial charge in [0.25, 0.3) is 0 Å². The molecule has 2 aromatic carbocycles. The summed E-state index contributed by atoms with van der Waals surface area (Å²) in [6, 6.07) is 10.6. The fraction of sp³-hybridized carbons (Fsp3) is 0.238. The van der Waals surface area contributed by atoms with Crippen LogP contribution in [-0.4, -0.2) is 31.7 Å². The van der Waals surface area contributed by atoms with Crippen LogP contribution in [0.2, 0.25) is 0 Å². The predicted molar refractivity (Wildman–Crippen MR) is 107 cm³/mol. The number of nitrogens with one attached hydrogen (secondary N) is 1. The molecule has 2 aromatic rings. The van der Waals surface area contributed by atoms with Crippen LogP contribution in [0, 0.1) is 0 Å². The predicted octanol–water partition coefficient (Wildman–Crippen LogP) is 2.77. The zero-order chi connectivity index (χ0) is 19.5. The Morgan fingerprint density at radius 3 is 2.61 bits per heavy atom. The number of nitrogens with two attached hydrogens (primary N) is 1. The summed E-state index contributed by atoms with van der Waals surface area (Å²) < 4.78 is 10.6. The van der Waals surface area contributed by atoms with Gasteiger partial charge in [0.2, 0.25) is 18.6 Å². The topological polar surface area (TPSA) is 93.9 Å². The Morgan fingerprint density at radius 2 is 1.82 bits per heavy atom. The Bertz CT molecular complexity index is 949. The van der Waals surface area contributed by atoms with Gasteiger partial charge in [0.05, 0.1) is 11.4 Å². The third-order valence-corrected chi connectivity index (χ3v) is 4.81. The number of amides is 2. The molecule has 144 valence electrons. The number of hydrogen-bond acceptors (Lipinski definition) is 5. The molecule has 0 atom stereocenters. The monoisotopic (exact) mass is 379 g/mol. The minimum Gasteiger partial charge on any atom is -0.454 e. The molecule has 2 aliphatic heterocycles. The third-order valence-electron chi connectivity index (χ3n) is 4.81. The highest BCUT2D eigenvalue weighted by molar-refractivity contribution is 6.05. The molecule has 7 nitrogen and oxygen atoms in total. The second kappa shape index (κ2) is 7.64. The van der Waals surface area contributed by atoms with Gasteiger partial charge in [-0.15, -0.1) is 0 Å². The van der Waals surface area contributed by atoms with Crippen LogP contribution in [0.3, 0.4) is 0 Å². The number of rotatable bonds is 5. The lowest BCUT2D eigenvalue weighted by Crippen LogP contribution is -2.21. The first-order valence-corrected chi connectivity index (χ1v) is 9.18. The number of anilines is 2. The molecule has 0 spiro atoms. The Labute approximate surface area is 162 Å². The molecular formula is C21H21N3O4. The molecule has 1 saturated heterocycles. The van der Waals surface area contributed by atoms with Crippen LogP contribution in [0.15, 0.2) is 42.5 Å². The molecule has 0 aliphatic carbocycles. The molecule has 3 N–H and O–H groups in total. The van der Waals surface area contributed by atoms with E-state index in [0.717, 1.165) is 37.2 Å². The lowest BCUT2D eigenvalue weighted by Gasteiger charge is -2.21. The van der Waals surface area contributed by atoms with Crippen LogP contribution in [0.4, 0.5) is 11.4 Å². The number of fused-ring (bicyclic) bond motifs is 1. The van der Waals surface area contributed by atoms with E-state index in [0.29, 0.717) is 22.7 Å². The number of hydrogen-bond donors (Lipinski definition) is 2. The van der Waals surface area contributed by atoms with E-state index in [1.54, 1.807) is 18.2 Å². The van der Waals surface area contributed by atoms with Gasteiger partial charge in [0.15, 0.2) is 11.5 Å². The number of carbonyl (C=O) groups excluding carboxylic acids is 2. The summed E-state index contributed by atoms with van der Waals surface area (Å²) in [6.45, 7) is 2.05. The molecule has 0 saturated carbocycles. The summed E-state index contributed by atoms with van der Waals surface area (Å²) in [7, 11) is 0. The Hall–Kier alpha value is -3.48. The summed E-state index contributed by atoms with van der Waals surface area (Å²) in [5.41, 5.74) is 8.06. The number of nitrogens with zero attached hydrogens (tertiary/aromatic N) is 1. The van der Waals surface area contributed by atoms with E-state index >= 15 is 0 Å². The van der Waals surface area contributed by atoms with Crippen molar-refractivity contribution >= 4 is 29.3 Å². The smallest absolute Gasteiger partial charge is 0.248 e. The van der Waals surface area contributed by atoms with E-state index in [9.17, 15) is 9.59 Å². The number of benzene rings is 2. The Kier molecular flexibility index (Phi) is 4.89. The Balaban J connectivity index is 1.52. The Morgan fingerprint density at radius 1 is 1.04 bits per heavy atom. The molecule has 0 radical (unpaired) electrons. The van der Waals surface area contributed by atoms with Crippen molar-refractivity contribution in [2.45, 2.75) is 12.8 Å². The van der Waals surface area contributed by atoms with Crippen molar-refractivity contribution in [3.05, 3.63) is 53.6 Å². The maximum Gasteiger partial charge on any atom is 0.248 e. The highest BCUT2D eigenvalue weighted by Crippen LogP contribution is 2.33. The van der Waals surface area contributed by atoms with Gasteiger partial charge in [0, 0.05) is 24.7 Å². The fourth-order valence-electron chi connectivity index (χ4n) is 3.39. The summed E-state index contributed by atoms with van der Waals surface area (Å²) in [4.78, 5) is 26.2. The number of ether oxygens (including phenoxy) is 2. The van der Waals surface area contributed by atoms with Gasteiger partial charge in [-0.2, -0.15) is 0 Å². The van der Waals surface area contributed by atoms with Crippen molar-refractivity contribution in [3.8, 4) is 11.5 Å². The van der Waals surface area contributed by atoms with E-state index in [4.69, 9.17) is 15.2 Å². The average Bonchev–Trinajstić information content (AvgIpc) is 3.37. The van der Waals surface area contributed by atoms with Gasteiger partial charge in [-0.3, -0.25) is 9.59 Å². The quantitative estimate of drug-likeness (QED) is 0.779. The molecule has 28 heavy (non-hydrogen) atoms. The second-order valence-electron chi connectivity index (χ2n) is 6.73. The molecule has 2 amide bonds. The van der Waals surface area contributed by atoms with Crippen molar-refractivity contribution in [1.82, 2.24) is 0 Å². The molecule has 1 fully saturated rings. The van der Waals surface area contributed by atoms with Crippen molar-refractivity contribution < 1.29 is 19.1 Å². The van der Waals surface area contributed by atoms with Gasteiger partial charge in [0.1, 0.15) is 0 Å².